The zero-order valence-corrected chi connectivity index (χ0v) is 17.4. The lowest BCUT2D eigenvalue weighted by Crippen LogP contribution is -2.11. The van der Waals surface area contributed by atoms with Gasteiger partial charge in [0, 0.05) is 18.5 Å². The molecule has 0 aliphatic heterocycles. The highest BCUT2D eigenvalue weighted by atomic mass is 16.5. The number of fused-ring (bicyclic) bond motifs is 1. The van der Waals surface area contributed by atoms with E-state index in [-0.39, 0.29) is 11.9 Å². The Kier molecular flexibility index (Phi) is 6.03. The second kappa shape index (κ2) is 9.21. The average molecular weight is 413 g/mol. The first-order chi connectivity index (χ1) is 15.1. The monoisotopic (exact) mass is 413 g/mol. The topological polar surface area (TPSA) is 81.4 Å². The molecule has 0 aliphatic rings. The number of amides is 1. The summed E-state index contributed by atoms with van der Waals surface area (Å²) < 4.78 is 7.53. The van der Waals surface area contributed by atoms with Crippen LogP contribution in [0.4, 0.5) is 5.95 Å². The number of hydrogen-bond donors (Lipinski definition) is 1. The second-order valence-electron chi connectivity index (χ2n) is 6.98. The van der Waals surface area contributed by atoms with Crippen molar-refractivity contribution in [2.75, 3.05) is 11.9 Å². The van der Waals surface area contributed by atoms with Gasteiger partial charge in [-0.05, 0) is 55.3 Å². The van der Waals surface area contributed by atoms with Crippen LogP contribution in [0.25, 0.3) is 23.1 Å². The van der Waals surface area contributed by atoms with Crippen LogP contribution in [-0.2, 0) is 4.79 Å². The van der Waals surface area contributed by atoms with Crippen molar-refractivity contribution in [3.8, 4) is 17.1 Å². The van der Waals surface area contributed by atoms with Gasteiger partial charge in [-0.2, -0.15) is 0 Å². The summed E-state index contributed by atoms with van der Waals surface area (Å²) in [5.74, 6) is 0.746. The van der Waals surface area contributed by atoms with Gasteiger partial charge >= 0.3 is 0 Å². The smallest absolute Gasteiger partial charge is 0.250 e. The van der Waals surface area contributed by atoms with Crippen molar-refractivity contribution in [3.63, 3.8) is 0 Å². The third kappa shape index (κ3) is 4.78. The normalized spacial score (nSPS) is 11.2. The van der Waals surface area contributed by atoms with E-state index in [2.05, 4.69) is 27.2 Å². The van der Waals surface area contributed by atoms with E-state index in [1.54, 1.807) is 18.3 Å². The highest BCUT2D eigenvalue weighted by Gasteiger charge is 2.13. The number of hydrogen-bond acceptors (Lipinski definition) is 5. The Labute approximate surface area is 180 Å². The summed E-state index contributed by atoms with van der Waals surface area (Å²) in [5.41, 5.74) is 4.15. The molecule has 3 aromatic heterocycles. The summed E-state index contributed by atoms with van der Waals surface area (Å²) >= 11 is 0. The zero-order valence-electron chi connectivity index (χ0n) is 17.4. The number of imidazole rings is 1. The minimum atomic E-state index is -0.307. The molecule has 3 heterocycles. The van der Waals surface area contributed by atoms with Gasteiger partial charge in [0.25, 0.3) is 5.91 Å². The number of ether oxygens (including phenoxy) is 1. The molecule has 0 atom stereocenters. The molecular weight excluding hydrogens is 390 g/mol. The third-order valence-electron chi connectivity index (χ3n) is 4.62. The minimum Gasteiger partial charge on any atom is -0.494 e. The maximum atomic E-state index is 12.4. The van der Waals surface area contributed by atoms with Crippen LogP contribution in [-0.4, -0.2) is 31.9 Å². The molecule has 4 aromatic rings. The van der Waals surface area contributed by atoms with Crippen LogP contribution in [0.1, 0.15) is 24.6 Å². The first-order valence-electron chi connectivity index (χ1n) is 10.1. The molecule has 0 spiro atoms. The fourth-order valence-electron chi connectivity index (χ4n) is 3.19. The molecule has 0 radical (unpaired) electrons. The largest absolute Gasteiger partial charge is 0.494 e. The van der Waals surface area contributed by atoms with E-state index >= 15 is 0 Å². The summed E-state index contributed by atoms with van der Waals surface area (Å²) in [6.07, 6.45) is 7.71. The molecule has 0 unspecified atom stereocenters. The van der Waals surface area contributed by atoms with Gasteiger partial charge in [-0.15, -0.1) is 0 Å². The summed E-state index contributed by atoms with van der Waals surface area (Å²) in [4.78, 5) is 25.6. The lowest BCUT2D eigenvalue weighted by atomic mass is 10.2. The molecule has 0 saturated heterocycles. The number of aryl methyl sites for hydroxylation is 1. The molecule has 1 aromatic carbocycles. The number of anilines is 1. The molecule has 4 rings (SSSR count). The number of nitrogens with one attached hydrogen (secondary N) is 1. The van der Waals surface area contributed by atoms with Gasteiger partial charge in [0.15, 0.2) is 0 Å². The molecule has 0 fully saturated rings. The second-order valence-corrected chi connectivity index (χ2v) is 6.98. The Morgan fingerprint density at radius 2 is 1.97 bits per heavy atom. The van der Waals surface area contributed by atoms with Gasteiger partial charge in [0.05, 0.1) is 23.7 Å². The van der Waals surface area contributed by atoms with Crippen LogP contribution < -0.4 is 10.1 Å². The van der Waals surface area contributed by atoms with E-state index in [9.17, 15) is 4.79 Å². The van der Waals surface area contributed by atoms with Crippen molar-refractivity contribution in [3.05, 3.63) is 78.3 Å². The molecule has 0 aliphatic carbocycles. The lowest BCUT2D eigenvalue weighted by Gasteiger charge is -2.05. The van der Waals surface area contributed by atoms with E-state index in [1.165, 1.54) is 6.08 Å². The summed E-state index contributed by atoms with van der Waals surface area (Å²) in [6.45, 7) is 4.68. The quantitative estimate of drug-likeness (QED) is 0.450. The predicted octanol–water partition coefficient (Wildman–Crippen LogP) is 4.54. The fourth-order valence-corrected chi connectivity index (χ4v) is 3.19. The van der Waals surface area contributed by atoms with Gasteiger partial charge in [-0.3, -0.25) is 14.5 Å². The van der Waals surface area contributed by atoms with Crippen molar-refractivity contribution >= 4 is 23.6 Å². The molecule has 1 N–H and O–H groups in total. The van der Waals surface area contributed by atoms with Crippen LogP contribution >= 0.6 is 0 Å². The van der Waals surface area contributed by atoms with Gasteiger partial charge in [-0.25, -0.2) is 15.0 Å². The number of nitrogens with zero attached hydrogens (tertiary/aromatic N) is 4. The molecule has 1 amide bonds. The SMILES string of the molecule is CCCOc1ccc(/C=C/C(=O)Nc2nccc(-c3c(C)nc4ccccn34)n2)cc1. The van der Waals surface area contributed by atoms with E-state index < -0.39 is 0 Å². The Balaban J connectivity index is 1.47. The van der Waals surface area contributed by atoms with Crippen LogP contribution in [0.3, 0.4) is 0 Å². The number of aromatic nitrogens is 4. The third-order valence-corrected chi connectivity index (χ3v) is 4.62. The number of rotatable bonds is 7. The van der Waals surface area contributed by atoms with E-state index in [1.807, 2.05) is 60.0 Å². The molecule has 0 saturated carbocycles. The summed E-state index contributed by atoms with van der Waals surface area (Å²) in [7, 11) is 0. The number of pyridine rings is 1. The van der Waals surface area contributed by atoms with Crippen molar-refractivity contribution in [2.45, 2.75) is 20.3 Å². The minimum absolute atomic E-state index is 0.237. The molecule has 7 heteroatoms. The van der Waals surface area contributed by atoms with Gasteiger partial charge in [0.1, 0.15) is 11.4 Å². The van der Waals surface area contributed by atoms with Crippen molar-refractivity contribution in [1.29, 1.82) is 0 Å². The number of carbonyl (C=O) groups is 1. The number of benzene rings is 1. The lowest BCUT2D eigenvalue weighted by molar-refractivity contribution is -0.111. The van der Waals surface area contributed by atoms with Crippen molar-refractivity contribution in [1.82, 2.24) is 19.4 Å². The van der Waals surface area contributed by atoms with Crippen molar-refractivity contribution in [2.24, 2.45) is 0 Å². The molecule has 0 bridgehead atoms. The Bertz CT molecular complexity index is 1230. The maximum absolute atomic E-state index is 12.4. The summed E-state index contributed by atoms with van der Waals surface area (Å²) in [6, 6.07) is 15.2. The molecule has 7 nitrogen and oxygen atoms in total. The van der Waals surface area contributed by atoms with Crippen LogP contribution in [0.5, 0.6) is 5.75 Å². The Hall–Kier alpha value is -4.00. The average Bonchev–Trinajstić information content (AvgIpc) is 3.13. The van der Waals surface area contributed by atoms with Crippen LogP contribution in [0.15, 0.2) is 67.0 Å². The number of carbonyl (C=O) groups excluding carboxylic acids is 1. The molecule has 31 heavy (non-hydrogen) atoms. The highest BCUT2D eigenvalue weighted by molar-refractivity contribution is 6.01. The fraction of sp³-hybridized carbons (Fsp3) is 0.167. The predicted molar refractivity (Wildman–Crippen MR) is 121 cm³/mol. The standard InChI is InChI=1S/C24H23N5O2/c1-3-16-31-19-10-7-18(8-11-19)9-12-22(30)28-24-25-14-13-20(27-24)23-17(2)26-21-6-4-5-15-29(21)23/h4-15H,3,16H2,1-2H3,(H,25,27,28,30)/b12-9+. The summed E-state index contributed by atoms with van der Waals surface area (Å²) in [5, 5.41) is 2.72. The highest BCUT2D eigenvalue weighted by Crippen LogP contribution is 2.23. The van der Waals surface area contributed by atoms with Crippen LogP contribution in [0, 0.1) is 6.92 Å². The van der Waals surface area contributed by atoms with Gasteiger partial charge in [0.2, 0.25) is 5.95 Å². The van der Waals surface area contributed by atoms with Crippen molar-refractivity contribution < 1.29 is 9.53 Å². The molecular formula is C24H23N5O2. The first-order valence-corrected chi connectivity index (χ1v) is 10.1. The maximum Gasteiger partial charge on any atom is 0.250 e. The zero-order chi connectivity index (χ0) is 21.6. The van der Waals surface area contributed by atoms with Gasteiger partial charge < -0.3 is 4.74 Å². The Morgan fingerprint density at radius 3 is 2.77 bits per heavy atom. The van der Waals surface area contributed by atoms with Gasteiger partial charge in [-0.1, -0.05) is 25.1 Å². The van der Waals surface area contributed by atoms with E-state index in [4.69, 9.17) is 4.74 Å². The molecule has 156 valence electrons. The Morgan fingerprint density at radius 1 is 1.13 bits per heavy atom. The first kappa shape index (κ1) is 20.3. The van der Waals surface area contributed by atoms with E-state index in [0.717, 1.165) is 34.8 Å². The van der Waals surface area contributed by atoms with E-state index in [0.29, 0.717) is 12.3 Å². The van der Waals surface area contributed by atoms with Crippen LogP contribution in [0.2, 0.25) is 0 Å².